The fraction of sp³-hybridized carbons (Fsp3) is 0.278. The minimum absolute atomic E-state index is 0.176. The van der Waals surface area contributed by atoms with Crippen molar-refractivity contribution in [3.63, 3.8) is 0 Å². The summed E-state index contributed by atoms with van der Waals surface area (Å²) in [7, 11) is -4.10. The van der Waals surface area contributed by atoms with E-state index in [0.29, 0.717) is 4.90 Å². The molecule has 1 aromatic heterocycles. The topological polar surface area (TPSA) is 115 Å². The maximum absolute atomic E-state index is 14.7. The molecule has 2 unspecified atom stereocenters. The number of nitrogens with zero attached hydrogens (tertiary/aromatic N) is 2. The summed E-state index contributed by atoms with van der Waals surface area (Å²) >= 11 is 0. The third kappa shape index (κ3) is 4.71. The predicted molar refractivity (Wildman–Crippen MR) is 101 cm³/mol. The van der Waals surface area contributed by atoms with Crippen molar-refractivity contribution in [1.82, 2.24) is 10.3 Å². The van der Waals surface area contributed by atoms with Crippen LogP contribution in [0.4, 0.5) is 19.3 Å². The van der Waals surface area contributed by atoms with E-state index in [1.807, 2.05) is 0 Å². The number of aromatic nitrogens is 1. The minimum Gasteiger partial charge on any atom is -0.439 e. The number of rotatable bonds is 6. The van der Waals surface area contributed by atoms with Gasteiger partial charge in [0.25, 0.3) is 10.1 Å². The first kappa shape index (κ1) is 21.6. The Balaban J connectivity index is 2.01. The van der Waals surface area contributed by atoms with Crippen LogP contribution in [0.2, 0.25) is 0 Å². The molecular weight excluding hydrogens is 424 g/mol. The summed E-state index contributed by atoms with van der Waals surface area (Å²) < 4.78 is 62.8. The predicted octanol–water partition coefficient (Wildman–Crippen LogP) is 1.79. The number of cyclic esters (lactones) is 1. The van der Waals surface area contributed by atoms with Gasteiger partial charge in [0, 0.05) is 24.9 Å². The van der Waals surface area contributed by atoms with Gasteiger partial charge in [0.1, 0.15) is 11.6 Å². The third-order valence-electron chi connectivity index (χ3n) is 4.10. The first-order chi connectivity index (χ1) is 14.1. The smallest absolute Gasteiger partial charge is 0.417 e. The van der Waals surface area contributed by atoms with Gasteiger partial charge in [-0.15, -0.1) is 0 Å². The Morgan fingerprint density at radius 1 is 1.33 bits per heavy atom. The molecule has 0 spiro atoms. The second-order valence-electron chi connectivity index (χ2n) is 6.45. The zero-order valence-electron chi connectivity index (χ0n) is 15.8. The van der Waals surface area contributed by atoms with E-state index in [2.05, 4.69) is 10.3 Å². The van der Waals surface area contributed by atoms with Crippen LogP contribution in [0.15, 0.2) is 36.7 Å². The molecule has 12 heteroatoms. The molecule has 1 aliphatic heterocycles. The number of nitrogens with one attached hydrogen (secondary N) is 1. The fourth-order valence-corrected chi connectivity index (χ4v) is 3.49. The lowest BCUT2D eigenvalue weighted by atomic mass is 10.1. The molecule has 0 bridgehead atoms. The lowest BCUT2D eigenvalue weighted by Gasteiger charge is -2.24. The molecule has 1 fully saturated rings. The SMILES string of the molecule is CC(=O)NCC1OC(=O)N(c2cc(F)c(-c3cccnc3)c(F)c2)C1OS(C)(=O)=O. The monoisotopic (exact) mass is 441 g/mol. The van der Waals surface area contributed by atoms with Crippen LogP contribution >= 0.6 is 0 Å². The van der Waals surface area contributed by atoms with Gasteiger partial charge in [-0.2, -0.15) is 8.42 Å². The van der Waals surface area contributed by atoms with Gasteiger partial charge in [-0.1, -0.05) is 6.07 Å². The largest absolute Gasteiger partial charge is 0.439 e. The number of halogens is 2. The van der Waals surface area contributed by atoms with E-state index in [0.717, 1.165) is 18.4 Å². The number of hydrogen-bond donors (Lipinski definition) is 1. The van der Waals surface area contributed by atoms with Crippen molar-refractivity contribution < 1.29 is 35.7 Å². The summed E-state index contributed by atoms with van der Waals surface area (Å²) in [6.45, 7) is 0.944. The highest BCUT2D eigenvalue weighted by atomic mass is 32.2. The molecule has 1 N–H and O–H groups in total. The summed E-state index contributed by atoms with van der Waals surface area (Å²) in [5.74, 6) is -2.47. The van der Waals surface area contributed by atoms with Crippen LogP contribution in [0.3, 0.4) is 0 Å². The summed E-state index contributed by atoms with van der Waals surface area (Å²) in [5.41, 5.74) is -0.507. The van der Waals surface area contributed by atoms with Gasteiger partial charge in [0.05, 0.1) is 24.1 Å². The summed E-state index contributed by atoms with van der Waals surface area (Å²) in [6.07, 6.45) is -0.453. The molecule has 2 amide bonds. The van der Waals surface area contributed by atoms with E-state index in [9.17, 15) is 26.8 Å². The Morgan fingerprint density at radius 2 is 2.00 bits per heavy atom. The second kappa shape index (κ2) is 8.32. The van der Waals surface area contributed by atoms with Gasteiger partial charge in [-0.25, -0.2) is 22.7 Å². The van der Waals surface area contributed by atoms with Crippen molar-refractivity contribution in [2.45, 2.75) is 19.3 Å². The number of anilines is 1. The normalized spacial score (nSPS) is 18.9. The number of carbonyl (C=O) groups is 2. The molecule has 0 aliphatic carbocycles. The van der Waals surface area contributed by atoms with Crippen LogP contribution < -0.4 is 10.2 Å². The Morgan fingerprint density at radius 3 is 2.53 bits per heavy atom. The molecule has 3 rings (SSSR count). The first-order valence-electron chi connectivity index (χ1n) is 8.59. The maximum atomic E-state index is 14.7. The molecule has 2 aromatic rings. The molecule has 160 valence electrons. The van der Waals surface area contributed by atoms with E-state index in [4.69, 9.17) is 8.92 Å². The van der Waals surface area contributed by atoms with Crippen LogP contribution in [0.1, 0.15) is 6.92 Å². The van der Waals surface area contributed by atoms with Crippen LogP contribution in [-0.4, -0.2) is 50.5 Å². The quantitative estimate of drug-likeness (QED) is 0.680. The van der Waals surface area contributed by atoms with E-state index in [1.54, 1.807) is 0 Å². The average Bonchev–Trinajstić information content (AvgIpc) is 2.93. The number of hydrogen-bond acceptors (Lipinski definition) is 7. The van der Waals surface area contributed by atoms with Gasteiger partial charge in [-0.3, -0.25) is 9.78 Å². The first-order valence-corrected chi connectivity index (χ1v) is 10.4. The number of pyridine rings is 1. The average molecular weight is 441 g/mol. The molecule has 9 nitrogen and oxygen atoms in total. The Hall–Kier alpha value is -3.12. The van der Waals surface area contributed by atoms with Crippen molar-refractivity contribution in [1.29, 1.82) is 0 Å². The van der Waals surface area contributed by atoms with Gasteiger partial charge in [0.15, 0.2) is 12.3 Å². The number of benzene rings is 1. The maximum Gasteiger partial charge on any atom is 0.417 e. The molecule has 0 radical (unpaired) electrons. The van der Waals surface area contributed by atoms with E-state index in [-0.39, 0.29) is 23.4 Å². The molecule has 2 atom stereocenters. The molecule has 1 aromatic carbocycles. The third-order valence-corrected chi connectivity index (χ3v) is 4.65. The Labute approximate surface area is 170 Å². The summed E-state index contributed by atoms with van der Waals surface area (Å²) in [5, 5.41) is 2.38. The molecule has 2 heterocycles. The van der Waals surface area contributed by atoms with Gasteiger partial charge in [0.2, 0.25) is 5.91 Å². The van der Waals surface area contributed by atoms with E-state index in [1.165, 1.54) is 31.5 Å². The highest BCUT2D eigenvalue weighted by Gasteiger charge is 2.46. The van der Waals surface area contributed by atoms with Gasteiger partial charge >= 0.3 is 6.09 Å². The fourth-order valence-electron chi connectivity index (χ4n) is 2.92. The standard InChI is InChI=1S/C18H17F2N3O6S/c1-10(24)22-9-15-17(29-30(2,26)27)23(18(25)28-15)12-6-13(19)16(14(20)7-12)11-4-3-5-21-8-11/h3-8,15,17H,9H2,1-2H3,(H,22,24). The molecular formula is C18H17F2N3O6S. The van der Waals surface area contributed by atoms with Crippen LogP contribution in [0, 0.1) is 11.6 Å². The summed E-state index contributed by atoms with van der Waals surface area (Å²) in [6, 6.07) is 4.66. The number of amides is 2. The zero-order valence-corrected chi connectivity index (χ0v) is 16.7. The van der Waals surface area contributed by atoms with Crippen molar-refractivity contribution in [2.75, 3.05) is 17.7 Å². The van der Waals surface area contributed by atoms with Crippen molar-refractivity contribution in [3.8, 4) is 11.1 Å². The lowest BCUT2D eigenvalue weighted by molar-refractivity contribution is -0.119. The minimum atomic E-state index is -4.10. The Bertz CT molecular complexity index is 1060. The number of carbonyl (C=O) groups excluding carboxylic acids is 2. The molecule has 1 aliphatic rings. The van der Waals surface area contributed by atoms with Crippen LogP contribution in [-0.2, 0) is 23.8 Å². The van der Waals surface area contributed by atoms with Crippen molar-refractivity contribution >= 4 is 27.8 Å². The second-order valence-corrected chi connectivity index (χ2v) is 8.05. The van der Waals surface area contributed by atoms with Crippen molar-refractivity contribution in [3.05, 3.63) is 48.3 Å². The van der Waals surface area contributed by atoms with E-state index < -0.39 is 46.1 Å². The summed E-state index contributed by atoms with van der Waals surface area (Å²) in [4.78, 5) is 28.0. The van der Waals surface area contributed by atoms with Crippen molar-refractivity contribution in [2.24, 2.45) is 0 Å². The highest BCUT2D eigenvalue weighted by Crippen LogP contribution is 2.34. The highest BCUT2D eigenvalue weighted by molar-refractivity contribution is 7.86. The Kier molecular flexibility index (Phi) is 5.99. The van der Waals surface area contributed by atoms with Crippen LogP contribution in [0.5, 0.6) is 0 Å². The van der Waals surface area contributed by atoms with Gasteiger partial charge < -0.3 is 10.1 Å². The van der Waals surface area contributed by atoms with Gasteiger partial charge in [-0.05, 0) is 18.2 Å². The molecule has 0 saturated carbocycles. The number of ether oxygens (including phenoxy) is 1. The van der Waals surface area contributed by atoms with Crippen LogP contribution in [0.25, 0.3) is 11.1 Å². The lowest BCUT2D eigenvalue weighted by Crippen LogP contribution is -2.44. The van der Waals surface area contributed by atoms with E-state index >= 15 is 0 Å². The molecule has 1 saturated heterocycles. The zero-order chi connectivity index (χ0) is 22.1. The molecule has 30 heavy (non-hydrogen) atoms.